The highest BCUT2D eigenvalue weighted by atomic mass is 16.1. The van der Waals surface area contributed by atoms with Crippen molar-refractivity contribution in [1.29, 1.82) is 0 Å². The van der Waals surface area contributed by atoms with Gasteiger partial charge in [-0.15, -0.1) is 0 Å². The SMILES string of the molecule is CCc1cc(C)nn(C)c1=O. The number of hydrogen-bond donors (Lipinski definition) is 0. The largest absolute Gasteiger partial charge is 0.269 e. The second-order valence-corrected chi connectivity index (χ2v) is 2.59. The highest BCUT2D eigenvalue weighted by Crippen LogP contribution is 1.94. The van der Waals surface area contributed by atoms with Crippen molar-refractivity contribution < 1.29 is 0 Å². The standard InChI is InChI=1S/C8H12N2O/c1-4-7-5-6(2)9-10(3)8(7)11/h5H,4H2,1-3H3. The molecule has 0 saturated carbocycles. The summed E-state index contributed by atoms with van der Waals surface area (Å²) >= 11 is 0. The van der Waals surface area contributed by atoms with E-state index in [0.717, 1.165) is 17.7 Å². The Balaban J connectivity index is 3.37. The first-order valence-corrected chi connectivity index (χ1v) is 3.69. The average Bonchev–Trinajstić information content (AvgIpc) is 1.96. The van der Waals surface area contributed by atoms with Crippen LogP contribution < -0.4 is 5.56 Å². The maximum absolute atomic E-state index is 11.3. The Hall–Kier alpha value is -1.12. The molecule has 1 aromatic rings. The smallest absolute Gasteiger partial charge is 0.268 e. The third-order valence-electron chi connectivity index (χ3n) is 1.64. The molecule has 0 bridgehead atoms. The Bertz CT molecular complexity index is 314. The Labute approximate surface area is 65.7 Å². The van der Waals surface area contributed by atoms with Gasteiger partial charge in [-0.05, 0) is 19.4 Å². The summed E-state index contributed by atoms with van der Waals surface area (Å²) in [5.74, 6) is 0. The van der Waals surface area contributed by atoms with Gasteiger partial charge in [0.1, 0.15) is 0 Å². The molecule has 3 nitrogen and oxygen atoms in total. The predicted molar refractivity (Wildman–Crippen MR) is 43.6 cm³/mol. The highest BCUT2D eigenvalue weighted by molar-refractivity contribution is 5.11. The highest BCUT2D eigenvalue weighted by Gasteiger charge is 1.99. The molecular formula is C8H12N2O. The lowest BCUT2D eigenvalue weighted by Gasteiger charge is -2.00. The molecule has 0 aliphatic rings. The molecule has 1 rings (SSSR count). The van der Waals surface area contributed by atoms with Gasteiger partial charge in [0, 0.05) is 12.6 Å². The van der Waals surface area contributed by atoms with E-state index in [9.17, 15) is 4.79 Å². The van der Waals surface area contributed by atoms with E-state index in [0.29, 0.717) is 0 Å². The van der Waals surface area contributed by atoms with Gasteiger partial charge in [0.25, 0.3) is 5.56 Å². The van der Waals surface area contributed by atoms with E-state index in [4.69, 9.17) is 0 Å². The third-order valence-corrected chi connectivity index (χ3v) is 1.64. The van der Waals surface area contributed by atoms with Crippen molar-refractivity contribution in [2.75, 3.05) is 0 Å². The molecule has 60 valence electrons. The molecule has 3 heteroatoms. The molecular weight excluding hydrogens is 140 g/mol. The van der Waals surface area contributed by atoms with Crippen molar-refractivity contribution in [3.05, 3.63) is 27.7 Å². The van der Waals surface area contributed by atoms with Crippen molar-refractivity contribution in [3.63, 3.8) is 0 Å². The van der Waals surface area contributed by atoms with Crippen molar-refractivity contribution >= 4 is 0 Å². The Morgan fingerprint density at radius 3 is 2.82 bits per heavy atom. The van der Waals surface area contributed by atoms with Gasteiger partial charge >= 0.3 is 0 Å². The maximum Gasteiger partial charge on any atom is 0.269 e. The van der Waals surface area contributed by atoms with E-state index in [1.165, 1.54) is 4.68 Å². The summed E-state index contributed by atoms with van der Waals surface area (Å²) in [6, 6.07) is 1.84. The van der Waals surface area contributed by atoms with Crippen LogP contribution in [0.5, 0.6) is 0 Å². The van der Waals surface area contributed by atoms with Crippen molar-refractivity contribution in [2.45, 2.75) is 20.3 Å². The molecule has 0 spiro atoms. The lowest BCUT2D eigenvalue weighted by Crippen LogP contribution is -2.23. The summed E-state index contributed by atoms with van der Waals surface area (Å²) in [6.45, 7) is 3.86. The van der Waals surface area contributed by atoms with Crippen LogP contribution in [0.4, 0.5) is 0 Å². The molecule has 1 heterocycles. The van der Waals surface area contributed by atoms with Gasteiger partial charge in [0.15, 0.2) is 0 Å². The Morgan fingerprint density at radius 2 is 2.27 bits per heavy atom. The number of nitrogens with zero attached hydrogens (tertiary/aromatic N) is 2. The van der Waals surface area contributed by atoms with E-state index in [-0.39, 0.29) is 5.56 Å². The van der Waals surface area contributed by atoms with Gasteiger partial charge in [0.2, 0.25) is 0 Å². The fourth-order valence-electron chi connectivity index (χ4n) is 1.09. The Morgan fingerprint density at radius 1 is 1.64 bits per heavy atom. The van der Waals surface area contributed by atoms with E-state index >= 15 is 0 Å². The minimum Gasteiger partial charge on any atom is -0.268 e. The molecule has 0 N–H and O–H groups in total. The first-order chi connectivity index (χ1) is 5.15. The molecule has 0 saturated heterocycles. The van der Waals surface area contributed by atoms with E-state index in [2.05, 4.69) is 5.10 Å². The average molecular weight is 152 g/mol. The zero-order valence-electron chi connectivity index (χ0n) is 7.09. The van der Waals surface area contributed by atoms with E-state index in [1.807, 2.05) is 19.9 Å². The third kappa shape index (κ3) is 1.48. The van der Waals surface area contributed by atoms with Crippen LogP contribution in [-0.4, -0.2) is 9.78 Å². The van der Waals surface area contributed by atoms with Gasteiger partial charge in [-0.3, -0.25) is 4.79 Å². The van der Waals surface area contributed by atoms with Crippen LogP contribution in [0.2, 0.25) is 0 Å². The van der Waals surface area contributed by atoms with Crippen molar-refractivity contribution in [3.8, 4) is 0 Å². The minimum absolute atomic E-state index is 0.0121. The second kappa shape index (κ2) is 2.86. The maximum atomic E-state index is 11.3. The summed E-state index contributed by atoms with van der Waals surface area (Å²) in [6.07, 6.45) is 0.774. The zero-order valence-corrected chi connectivity index (χ0v) is 7.09. The summed E-state index contributed by atoms with van der Waals surface area (Å²) in [4.78, 5) is 11.3. The van der Waals surface area contributed by atoms with Crippen LogP contribution in [0.15, 0.2) is 10.9 Å². The van der Waals surface area contributed by atoms with Crippen molar-refractivity contribution in [2.24, 2.45) is 7.05 Å². The molecule has 0 unspecified atom stereocenters. The topological polar surface area (TPSA) is 34.9 Å². The Kier molecular flexibility index (Phi) is 2.08. The quantitative estimate of drug-likeness (QED) is 0.592. The molecule has 0 amide bonds. The summed E-state index contributed by atoms with van der Waals surface area (Å²) in [7, 11) is 1.68. The molecule has 0 aliphatic carbocycles. The van der Waals surface area contributed by atoms with E-state index in [1.54, 1.807) is 7.05 Å². The van der Waals surface area contributed by atoms with Crippen LogP contribution in [-0.2, 0) is 13.5 Å². The number of hydrogen-bond acceptors (Lipinski definition) is 2. The van der Waals surface area contributed by atoms with Gasteiger partial charge in [-0.2, -0.15) is 5.10 Å². The van der Waals surface area contributed by atoms with Gasteiger partial charge in [-0.25, -0.2) is 4.68 Å². The van der Waals surface area contributed by atoms with Crippen LogP contribution in [0.3, 0.4) is 0 Å². The predicted octanol–water partition coefficient (Wildman–Crippen LogP) is 0.651. The molecule has 0 fully saturated rings. The molecule has 1 aromatic heterocycles. The number of rotatable bonds is 1. The lowest BCUT2D eigenvalue weighted by molar-refractivity contribution is 0.680. The first-order valence-electron chi connectivity index (χ1n) is 3.69. The molecule has 0 aliphatic heterocycles. The molecule has 0 aromatic carbocycles. The van der Waals surface area contributed by atoms with E-state index < -0.39 is 0 Å². The second-order valence-electron chi connectivity index (χ2n) is 2.59. The zero-order chi connectivity index (χ0) is 8.43. The number of aryl methyl sites for hydroxylation is 3. The van der Waals surface area contributed by atoms with Crippen LogP contribution in [0.25, 0.3) is 0 Å². The fourth-order valence-corrected chi connectivity index (χ4v) is 1.09. The normalized spacial score (nSPS) is 10.1. The van der Waals surface area contributed by atoms with Crippen LogP contribution >= 0.6 is 0 Å². The fraction of sp³-hybridized carbons (Fsp3) is 0.500. The monoisotopic (exact) mass is 152 g/mol. The molecule has 11 heavy (non-hydrogen) atoms. The van der Waals surface area contributed by atoms with Gasteiger partial charge in [-0.1, -0.05) is 6.92 Å². The van der Waals surface area contributed by atoms with Crippen molar-refractivity contribution in [1.82, 2.24) is 9.78 Å². The van der Waals surface area contributed by atoms with Crippen LogP contribution in [0.1, 0.15) is 18.2 Å². The first kappa shape index (κ1) is 7.98. The summed E-state index contributed by atoms with van der Waals surface area (Å²) < 4.78 is 1.38. The van der Waals surface area contributed by atoms with Gasteiger partial charge in [0.05, 0.1) is 5.69 Å². The lowest BCUT2D eigenvalue weighted by atomic mass is 10.2. The number of aromatic nitrogens is 2. The minimum atomic E-state index is 0.0121. The van der Waals surface area contributed by atoms with Crippen LogP contribution in [0, 0.1) is 6.92 Å². The molecule has 0 radical (unpaired) electrons. The summed E-state index contributed by atoms with van der Waals surface area (Å²) in [5, 5.41) is 3.99. The molecule has 0 atom stereocenters. The van der Waals surface area contributed by atoms with Gasteiger partial charge < -0.3 is 0 Å². The summed E-state index contributed by atoms with van der Waals surface area (Å²) in [5.41, 5.74) is 1.74.